The van der Waals surface area contributed by atoms with Crippen molar-refractivity contribution in [2.24, 2.45) is 5.73 Å². The average Bonchev–Trinajstić information content (AvgIpc) is 2.09. The molecule has 0 saturated heterocycles. The van der Waals surface area contributed by atoms with Crippen LogP contribution in [0.3, 0.4) is 0 Å². The number of hydrogen-bond donors (Lipinski definition) is 2. The lowest BCUT2D eigenvalue weighted by Crippen LogP contribution is -2.16. The maximum atomic E-state index is 9.24. The van der Waals surface area contributed by atoms with Gasteiger partial charge in [-0.3, -0.25) is 0 Å². The number of methoxy groups -OCH3 is 1. The smallest absolute Gasteiger partial charge is 0.115 e. The second-order valence-electron chi connectivity index (χ2n) is 2.77. The van der Waals surface area contributed by atoms with Gasteiger partial charge < -0.3 is 15.6 Å². The Morgan fingerprint density at radius 2 is 2.31 bits per heavy atom. The molecule has 0 aliphatic carbocycles. The first-order valence-corrected chi connectivity index (χ1v) is 4.67. The quantitative estimate of drug-likeness (QED) is 0.854. The normalized spacial score (nSPS) is 12.8. The summed E-state index contributed by atoms with van der Waals surface area (Å²) in [5, 5.41) is 9.24. The Kier molecular flexibility index (Phi) is 3.71. The molecular weight excluding hydrogens is 234 g/mol. The predicted molar refractivity (Wildman–Crippen MR) is 54.6 cm³/mol. The van der Waals surface area contributed by atoms with Crippen molar-refractivity contribution in [3.63, 3.8) is 0 Å². The van der Waals surface area contributed by atoms with Crippen LogP contribution in [0.15, 0.2) is 22.7 Å². The van der Waals surface area contributed by atoms with E-state index in [9.17, 15) is 5.11 Å². The van der Waals surface area contributed by atoms with Crippen LogP contribution in [0.2, 0.25) is 0 Å². The summed E-state index contributed by atoms with van der Waals surface area (Å²) >= 11 is 3.35. The molecule has 0 amide bonds. The van der Waals surface area contributed by atoms with Gasteiger partial charge in [0, 0.05) is 11.6 Å². The Bertz CT molecular complexity index is 291. The molecule has 1 aromatic carbocycles. The molecule has 4 heteroatoms. The molecule has 0 saturated carbocycles. The van der Waals surface area contributed by atoms with Crippen LogP contribution in [0.5, 0.6) is 5.75 Å². The summed E-state index contributed by atoms with van der Waals surface area (Å²) in [6, 6.07) is 4.78. The number of aromatic hydroxyl groups is 1. The Morgan fingerprint density at radius 3 is 2.92 bits per heavy atom. The van der Waals surface area contributed by atoms with Crippen LogP contribution >= 0.6 is 15.9 Å². The van der Waals surface area contributed by atoms with Crippen LogP contribution in [0.1, 0.15) is 11.6 Å². The standard InChI is InChI=1S/C9H12BrNO2/c1-13-5-9(11)7-4-6(12)2-3-8(7)10/h2-4,9,12H,5,11H2,1H3/t9-/m1/s1. The van der Waals surface area contributed by atoms with Crippen molar-refractivity contribution in [3.8, 4) is 5.75 Å². The van der Waals surface area contributed by atoms with Crippen LogP contribution in [0, 0.1) is 0 Å². The Labute approximate surface area is 85.6 Å². The minimum absolute atomic E-state index is 0.213. The van der Waals surface area contributed by atoms with E-state index in [0.29, 0.717) is 6.61 Å². The summed E-state index contributed by atoms with van der Waals surface area (Å²) in [6.07, 6.45) is 0. The van der Waals surface area contributed by atoms with Crippen molar-refractivity contribution in [2.75, 3.05) is 13.7 Å². The summed E-state index contributed by atoms with van der Waals surface area (Å²) in [7, 11) is 1.59. The van der Waals surface area contributed by atoms with Crippen molar-refractivity contribution in [1.29, 1.82) is 0 Å². The van der Waals surface area contributed by atoms with E-state index in [2.05, 4.69) is 15.9 Å². The van der Waals surface area contributed by atoms with Gasteiger partial charge in [-0.2, -0.15) is 0 Å². The molecule has 1 rings (SSSR count). The fourth-order valence-electron chi connectivity index (χ4n) is 1.08. The molecule has 13 heavy (non-hydrogen) atoms. The maximum absolute atomic E-state index is 9.24. The highest BCUT2D eigenvalue weighted by atomic mass is 79.9. The number of ether oxygens (including phenoxy) is 1. The molecule has 0 aromatic heterocycles. The van der Waals surface area contributed by atoms with E-state index >= 15 is 0 Å². The van der Waals surface area contributed by atoms with Gasteiger partial charge in [0.25, 0.3) is 0 Å². The lowest BCUT2D eigenvalue weighted by atomic mass is 10.1. The Balaban J connectivity index is 2.91. The zero-order valence-electron chi connectivity index (χ0n) is 7.33. The third-order valence-corrected chi connectivity index (χ3v) is 2.45. The fourth-order valence-corrected chi connectivity index (χ4v) is 1.63. The second-order valence-corrected chi connectivity index (χ2v) is 3.62. The number of nitrogens with two attached hydrogens (primary N) is 1. The highest BCUT2D eigenvalue weighted by Gasteiger charge is 2.09. The number of benzene rings is 1. The van der Waals surface area contributed by atoms with Gasteiger partial charge >= 0.3 is 0 Å². The molecule has 72 valence electrons. The molecule has 0 heterocycles. The molecule has 3 nitrogen and oxygen atoms in total. The van der Waals surface area contributed by atoms with Gasteiger partial charge in [-0.05, 0) is 23.8 Å². The molecule has 0 unspecified atom stereocenters. The topological polar surface area (TPSA) is 55.5 Å². The number of halogens is 1. The van der Waals surface area contributed by atoms with Crippen molar-refractivity contribution >= 4 is 15.9 Å². The van der Waals surface area contributed by atoms with Gasteiger partial charge in [0.1, 0.15) is 5.75 Å². The van der Waals surface area contributed by atoms with E-state index in [4.69, 9.17) is 10.5 Å². The van der Waals surface area contributed by atoms with Crippen molar-refractivity contribution in [1.82, 2.24) is 0 Å². The van der Waals surface area contributed by atoms with Crippen LogP contribution in [0.25, 0.3) is 0 Å². The summed E-state index contributed by atoms with van der Waals surface area (Å²) in [6.45, 7) is 0.433. The molecule has 1 aromatic rings. The van der Waals surface area contributed by atoms with E-state index in [1.807, 2.05) is 0 Å². The molecular formula is C9H12BrNO2. The average molecular weight is 246 g/mol. The number of rotatable bonds is 3. The first-order valence-electron chi connectivity index (χ1n) is 3.88. The lowest BCUT2D eigenvalue weighted by Gasteiger charge is -2.12. The third-order valence-electron chi connectivity index (χ3n) is 1.73. The molecule has 3 N–H and O–H groups in total. The van der Waals surface area contributed by atoms with E-state index in [1.165, 1.54) is 0 Å². The van der Waals surface area contributed by atoms with E-state index in [1.54, 1.807) is 25.3 Å². The third kappa shape index (κ3) is 2.69. The minimum Gasteiger partial charge on any atom is -0.508 e. The molecule has 0 aliphatic rings. The van der Waals surface area contributed by atoms with Gasteiger partial charge in [-0.15, -0.1) is 0 Å². The fraction of sp³-hybridized carbons (Fsp3) is 0.333. The molecule has 0 aliphatic heterocycles. The van der Waals surface area contributed by atoms with Crippen molar-refractivity contribution in [3.05, 3.63) is 28.2 Å². The number of phenolic OH excluding ortho intramolecular Hbond substituents is 1. The summed E-state index contributed by atoms with van der Waals surface area (Å²) in [5.74, 6) is 0.213. The van der Waals surface area contributed by atoms with E-state index in [-0.39, 0.29) is 11.8 Å². The van der Waals surface area contributed by atoms with Gasteiger partial charge in [-0.25, -0.2) is 0 Å². The highest BCUT2D eigenvalue weighted by molar-refractivity contribution is 9.10. The van der Waals surface area contributed by atoms with Gasteiger partial charge in [0.2, 0.25) is 0 Å². The van der Waals surface area contributed by atoms with E-state index < -0.39 is 0 Å². The summed E-state index contributed by atoms with van der Waals surface area (Å²) < 4.78 is 5.81. The lowest BCUT2D eigenvalue weighted by molar-refractivity contribution is 0.180. The van der Waals surface area contributed by atoms with E-state index in [0.717, 1.165) is 10.0 Å². The first kappa shape index (κ1) is 10.5. The molecule has 0 fully saturated rings. The number of hydrogen-bond acceptors (Lipinski definition) is 3. The Morgan fingerprint density at radius 1 is 1.62 bits per heavy atom. The Hall–Kier alpha value is -0.580. The SMILES string of the molecule is COC[C@@H](N)c1cc(O)ccc1Br. The second kappa shape index (κ2) is 4.60. The first-order chi connectivity index (χ1) is 6.15. The maximum Gasteiger partial charge on any atom is 0.115 e. The zero-order valence-corrected chi connectivity index (χ0v) is 8.91. The molecule has 0 radical (unpaired) electrons. The van der Waals surface area contributed by atoms with Gasteiger partial charge in [0.05, 0.1) is 12.6 Å². The van der Waals surface area contributed by atoms with Gasteiger partial charge in [0.15, 0.2) is 0 Å². The van der Waals surface area contributed by atoms with Crippen LogP contribution < -0.4 is 5.73 Å². The monoisotopic (exact) mass is 245 g/mol. The zero-order chi connectivity index (χ0) is 9.84. The van der Waals surface area contributed by atoms with Crippen LogP contribution in [-0.4, -0.2) is 18.8 Å². The summed E-state index contributed by atoms with van der Waals surface area (Å²) in [4.78, 5) is 0. The predicted octanol–water partition coefficient (Wildman–Crippen LogP) is 1.80. The largest absolute Gasteiger partial charge is 0.508 e. The van der Waals surface area contributed by atoms with Crippen molar-refractivity contribution < 1.29 is 9.84 Å². The van der Waals surface area contributed by atoms with Crippen LogP contribution in [-0.2, 0) is 4.74 Å². The molecule has 1 atom stereocenters. The highest BCUT2D eigenvalue weighted by Crippen LogP contribution is 2.26. The van der Waals surface area contributed by atoms with Crippen molar-refractivity contribution in [2.45, 2.75) is 6.04 Å². The van der Waals surface area contributed by atoms with Crippen LogP contribution in [0.4, 0.5) is 0 Å². The summed E-state index contributed by atoms with van der Waals surface area (Å²) in [5.41, 5.74) is 6.66. The molecule has 0 bridgehead atoms. The minimum atomic E-state index is -0.216. The number of phenols is 1. The van der Waals surface area contributed by atoms with Gasteiger partial charge in [-0.1, -0.05) is 15.9 Å². The molecule has 0 spiro atoms.